The smallest absolute Gasteiger partial charge is 0.255 e. The first-order valence-electron chi connectivity index (χ1n) is 7.38. The Bertz CT molecular complexity index is 826. The maximum Gasteiger partial charge on any atom is 0.255 e. The topological polar surface area (TPSA) is 55.4 Å². The highest BCUT2D eigenvalue weighted by atomic mass is 19.1. The average Bonchev–Trinajstić information content (AvgIpc) is 2.49. The Hall–Kier alpha value is -2.76. The summed E-state index contributed by atoms with van der Waals surface area (Å²) in [7, 11) is 0. The Labute approximate surface area is 137 Å². The highest BCUT2D eigenvalue weighted by Crippen LogP contribution is 2.33. The molecular weight excluding hydrogens is 316 g/mol. The molecule has 0 saturated carbocycles. The molecule has 0 fully saturated rings. The lowest BCUT2D eigenvalue weighted by molar-refractivity contribution is 0.0620. The molecule has 1 aliphatic rings. The molecule has 1 aliphatic heterocycles. The lowest BCUT2D eigenvalue weighted by Crippen LogP contribution is -2.36. The third-order valence-corrected chi connectivity index (χ3v) is 3.72. The number of ketones is 1. The normalized spacial score (nSPS) is 15.4. The Balaban J connectivity index is 1.90. The van der Waals surface area contributed by atoms with Gasteiger partial charge in [0, 0.05) is 5.56 Å². The number of nitrogens with one attached hydrogen (secondary N) is 1. The fourth-order valence-electron chi connectivity index (χ4n) is 2.60. The summed E-state index contributed by atoms with van der Waals surface area (Å²) in [6.45, 7) is 3.60. The maximum atomic E-state index is 13.6. The number of benzene rings is 2. The lowest BCUT2D eigenvalue weighted by Gasteiger charge is -2.31. The zero-order chi connectivity index (χ0) is 17.5. The average molecular weight is 331 g/mol. The molecule has 0 atom stereocenters. The van der Waals surface area contributed by atoms with Crippen LogP contribution in [0, 0.1) is 11.6 Å². The van der Waals surface area contributed by atoms with Crippen LogP contribution in [0.1, 0.15) is 41.0 Å². The predicted octanol–water partition coefficient (Wildman–Crippen LogP) is 3.96. The summed E-state index contributed by atoms with van der Waals surface area (Å²) in [6.07, 6.45) is 0.188. The van der Waals surface area contributed by atoms with Crippen LogP contribution in [0.25, 0.3) is 0 Å². The van der Waals surface area contributed by atoms with Crippen LogP contribution in [-0.2, 0) is 0 Å². The van der Waals surface area contributed by atoms with Gasteiger partial charge in [-0.2, -0.15) is 0 Å². The second-order valence-corrected chi connectivity index (χ2v) is 6.22. The van der Waals surface area contributed by atoms with Crippen molar-refractivity contribution in [3.63, 3.8) is 0 Å². The van der Waals surface area contributed by atoms with Crippen LogP contribution in [0.3, 0.4) is 0 Å². The van der Waals surface area contributed by atoms with Crippen LogP contribution in [0.4, 0.5) is 14.5 Å². The molecule has 124 valence electrons. The van der Waals surface area contributed by atoms with Crippen molar-refractivity contribution in [1.29, 1.82) is 0 Å². The Morgan fingerprint density at radius 2 is 1.83 bits per heavy atom. The molecule has 0 unspecified atom stereocenters. The summed E-state index contributed by atoms with van der Waals surface area (Å²) < 4.78 is 32.9. The van der Waals surface area contributed by atoms with Crippen LogP contribution >= 0.6 is 0 Å². The van der Waals surface area contributed by atoms with Gasteiger partial charge in [0.15, 0.2) is 5.78 Å². The van der Waals surface area contributed by atoms with Crippen molar-refractivity contribution in [2.45, 2.75) is 25.9 Å². The van der Waals surface area contributed by atoms with Crippen molar-refractivity contribution >= 4 is 17.4 Å². The van der Waals surface area contributed by atoms with Gasteiger partial charge < -0.3 is 10.1 Å². The Kier molecular flexibility index (Phi) is 3.83. The number of carbonyl (C=O) groups excluding carboxylic acids is 2. The number of para-hydroxylation sites is 1. The van der Waals surface area contributed by atoms with Crippen LogP contribution in [0.5, 0.6) is 5.75 Å². The monoisotopic (exact) mass is 331 g/mol. The van der Waals surface area contributed by atoms with Crippen LogP contribution in [0.15, 0.2) is 36.4 Å². The zero-order valence-corrected chi connectivity index (χ0v) is 13.2. The molecule has 1 heterocycles. The van der Waals surface area contributed by atoms with Gasteiger partial charge in [-0.15, -0.1) is 0 Å². The van der Waals surface area contributed by atoms with Gasteiger partial charge in [0.2, 0.25) is 0 Å². The second-order valence-electron chi connectivity index (χ2n) is 6.22. The van der Waals surface area contributed by atoms with Crippen molar-refractivity contribution in [3.05, 3.63) is 59.2 Å². The molecule has 1 amide bonds. The number of halogens is 2. The molecule has 0 spiro atoms. The fraction of sp³-hybridized carbons (Fsp3) is 0.222. The van der Waals surface area contributed by atoms with E-state index >= 15 is 0 Å². The predicted molar refractivity (Wildman–Crippen MR) is 84.4 cm³/mol. The van der Waals surface area contributed by atoms with E-state index in [1.165, 1.54) is 24.3 Å². The minimum atomic E-state index is -0.873. The van der Waals surface area contributed by atoms with E-state index in [1.807, 2.05) is 0 Å². The van der Waals surface area contributed by atoms with Gasteiger partial charge in [-0.1, -0.05) is 6.07 Å². The first-order valence-corrected chi connectivity index (χ1v) is 7.38. The molecule has 2 aromatic rings. The molecule has 0 aliphatic carbocycles. The standard InChI is InChI=1S/C18H15F2NO3/c1-18(2)9-14(22)11-8-10(6-7-15(11)24-18)17(23)21-16-12(19)4-3-5-13(16)20/h3-8H,9H2,1-2H3,(H,21,23). The van der Waals surface area contributed by atoms with E-state index in [9.17, 15) is 18.4 Å². The van der Waals surface area contributed by atoms with Gasteiger partial charge >= 0.3 is 0 Å². The molecule has 6 heteroatoms. The minimum Gasteiger partial charge on any atom is -0.487 e. The van der Waals surface area contributed by atoms with E-state index < -0.39 is 28.8 Å². The second kappa shape index (κ2) is 5.70. The van der Waals surface area contributed by atoms with E-state index in [1.54, 1.807) is 13.8 Å². The number of ether oxygens (including phenoxy) is 1. The summed E-state index contributed by atoms with van der Waals surface area (Å²) in [5.41, 5.74) is -0.725. The van der Waals surface area contributed by atoms with Crippen LogP contribution in [-0.4, -0.2) is 17.3 Å². The molecule has 2 aromatic carbocycles. The highest BCUT2D eigenvalue weighted by Gasteiger charge is 2.32. The van der Waals surface area contributed by atoms with Crippen molar-refractivity contribution in [2.24, 2.45) is 0 Å². The summed E-state index contributed by atoms with van der Waals surface area (Å²) in [5, 5.41) is 2.19. The van der Waals surface area contributed by atoms with Gasteiger partial charge in [-0.25, -0.2) is 8.78 Å². The molecule has 1 N–H and O–H groups in total. The van der Waals surface area contributed by atoms with Crippen molar-refractivity contribution < 1.29 is 23.1 Å². The molecule has 4 nitrogen and oxygen atoms in total. The molecule has 3 rings (SSSR count). The number of fused-ring (bicyclic) bond motifs is 1. The number of Topliss-reactive ketones (excluding diaryl/α,β-unsaturated/α-hetero) is 1. The molecule has 0 saturated heterocycles. The molecule has 0 aromatic heterocycles. The Morgan fingerprint density at radius 1 is 1.17 bits per heavy atom. The molecule has 0 radical (unpaired) electrons. The van der Waals surface area contributed by atoms with Crippen molar-refractivity contribution in [3.8, 4) is 5.75 Å². The van der Waals surface area contributed by atoms with E-state index in [0.717, 1.165) is 12.1 Å². The third kappa shape index (κ3) is 2.99. The van der Waals surface area contributed by atoms with Crippen LogP contribution in [0.2, 0.25) is 0 Å². The fourth-order valence-corrected chi connectivity index (χ4v) is 2.60. The molecular formula is C18H15F2NO3. The molecule has 24 heavy (non-hydrogen) atoms. The molecule has 0 bridgehead atoms. The van der Waals surface area contributed by atoms with Crippen molar-refractivity contribution in [2.75, 3.05) is 5.32 Å². The maximum absolute atomic E-state index is 13.6. The van der Waals surface area contributed by atoms with E-state index in [2.05, 4.69) is 5.32 Å². The van der Waals surface area contributed by atoms with Gasteiger partial charge in [0.05, 0.1) is 12.0 Å². The summed E-state index contributed by atoms with van der Waals surface area (Å²) >= 11 is 0. The number of hydrogen-bond acceptors (Lipinski definition) is 3. The number of anilines is 1. The van der Waals surface area contributed by atoms with E-state index in [4.69, 9.17) is 4.74 Å². The quantitative estimate of drug-likeness (QED) is 0.906. The minimum absolute atomic E-state index is 0.119. The third-order valence-electron chi connectivity index (χ3n) is 3.72. The largest absolute Gasteiger partial charge is 0.487 e. The first kappa shape index (κ1) is 16.1. The highest BCUT2D eigenvalue weighted by molar-refractivity contribution is 6.07. The van der Waals surface area contributed by atoms with Gasteiger partial charge in [0.1, 0.15) is 28.7 Å². The number of hydrogen-bond donors (Lipinski definition) is 1. The van der Waals surface area contributed by atoms with E-state index in [0.29, 0.717) is 5.75 Å². The SMILES string of the molecule is CC1(C)CC(=O)c2cc(C(=O)Nc3c(F)cccc3F)ccc2O1. The van der Waals surface area contributed by atoms with Gasteiger partial charge in [0.25, 0.3) is 5.91 Å². The number of carbonyl (C=O) groups is 2. The number of amides is 1. The summed E-state index contributed by atoms with van der Waals surface area (Å²) in [4.78, 5) is 24.5. The summed E-state index contributed by atoms with van der Waals surface area (Å²) in [6, 6.07) is 7.64. The lowest BCUT2D eigenvalue weighted by atomic mass is 9.92. The van der Waals surface area contributed by atoms with E-state index in [-0.39, 0.29) is 23.3 Å². The van der Waals surface area contributed by atoms with Crippen molar-refractivity contribution in [1.82, 2.24) is 0 Å². The van der Waals surface area contributed by atoms with Gasteiger partial charge in [-0.3, -0.25) is 9.59 Å². The first-order chi connectivity index (χ1) is 11.3. The summed E-state index contributed by atoms with van der Waals surface area (Å²) in [5.74, 6) is -2.21. The zero-order valence-electron chi connectivity index (χ0n) is 13.2. The van der Waals surface area contributed by atoms with Crippen LogP contribution < -0.4 is 10.1 Å². The number of rotatable bonds is 2. The Morgan fingerprint density at radius 3 is 2.50 bits per heavy atom. The van der Waals surface area contributed by atoms with Gasteiger partial charge in [-0.05, 0) is 44.2 Å².